The van der Waals surface area contributed by atoms with Gasteiger partial charge in [-0.1, -0.05) is 28.1 Å². The highest BCUT2D eigenvalue weighted by Gasteiger charge is 2.31. The predicted molar refractivity (Wildman–Crippen MR) is 106 cm³/mol. The summed E-state index contributed by atoms with van der Waals surface area (Å²) in [5, 5.41) is 0.294. The molecule has 0 saturated carbocycles. The molecule has 1 heterocycles. The molecule has 3 rings (SSSR count). The summed E-state index contributed by atoms with van der Waals surface area (Å²) in [6.07, 6.45) is 0.472. The Kier molecular flexibility index (Phi) is 4.78. The van der Waals surface area contributed by atoms with Crippen LogP contribution in [0.4, 0.5) is 11.4 Å². The lowest BCUT2D eigenvalue weighted by Gasteiger charge is -2.15. The molecule has 4 nitrogen and oxygen atoms in total. The normalized spacial score (nSPS) is 14.1. The Hall–Kier alpha value is -2.05. The van der Waals surface area contributed by atoms with Crippen LogP contribution in [0, 0.1) is 0 Å². The summed E-state index contributed by atoms with van der Waals surface area (Å²) in [6, 6.07) is 15.5. The number of carbonyl (C=O) groups is 1. The van der Waals surface area contributed by atoms with Gasteiger partial charge in [0.25, 0.3) is 5.91 Å². The lowest BCUT2D eigenvalue weighted by molar-refractivity contribution is -0.111. The minimum Gasteiger partial charge on any atom is -0.378 e. The number of rotatable bonds is 4. The molecule has 1 aliphatic rings. The van der Waals surface area contributed by atoms with Crippen molar-refractivity contribution >= 4 is 56.3 Å². The molecule has 0 atom stereocenters. The van der Waals surface area contributed by atoms with Gasteiger partial charge in [-0.05, 0) is 54.2 Å². The third kappa shape index (κ3) is 3.39. The van der Waals surface area contributed by atoms with Crippen molar-refractivity contribution in [1.82, 2.24) is 0 Å². The van der Waals surface area contributed by atoms with Crippen LogP contribution in [0.3, 0.4) is 0 Å². The van der Waals surface area contributed by atoms with E-state index in [4.69, 9.17) is 12.2 Å². The van der Waals surface area contributed by atoms with Gasteiger partial charge in [0.1, 0.15) is 5.71 Å². The Balaban J connectivity index is 1.78. The van der Waals surface area contributed by atoms with Crippen LogP contribution >= 0.6 is 28.1 Å². The summed E-state index contributed by atoms with van der Waals surface area (Å²) >= 11 is 8.67. The van der Waals surface area contributed by atoms with Gasteiger partial charge < -0.3 is 4.90 Å². The van der Waals surface area contributed by atoms with Gasteiger partial charge in [0.15, 0.2) is 0 Å². The topological polar surface area (TPSA) is 35.9 Å². The van der Waals surface area contributed by atoms with Gasteiger partial charge in [0, 0.05) is 30.7 Å². The number of aliphatic imine (C=N–C) groups is 1. The van der Waals surface area contributed by atoms with E-state index in [-0.39, 0.29) is 5.91 Å². The second kappa shape index (κ2) is 6.83. The van der Waals surface area contributed by atoms with Crippen molar-refractivity contribution in [2.75, 3.05) is 23.9 Å². The standard InChI is InChI=1S/C18H16BrN3OS/c1-21(2)14-7-3-12(4-8-14)11-16-17(23)22(18(24)20-16)15-9-5-13(19)6-10-15/h3-10H,11H2,1-2H3. The molecule has 0 spiro atoms. The zero-order valence-electron chi connectivity index (χ0n) is 13.4. The Morgan fingerprint density at radius 1 is 1.08 bits per heavy atom. The maximum atomic E-state index is 12.7. The SMILES string of the molecule is CN(C)c1ccc(CC2=NC(=S)N(c3ccc(Br)cc3)C2=O)cc1. The molecule has 2 aromatic carbocycles. The summed E-state index contributed by atoms with van der Waals surface area (Å²) in [4.78, 5) is 20.5. The fourth-order valence-corrected chi connectivity index (χ4v) is 3.03. The minimum atomic E-state index is -0.154. The lowest BCUT2D eigenvalue weighted by Crippen LogP contribution is -2.33. The maximum Gasteiger partial charge on any atom is 0.279 e. The molecule has 0 unspecified atom stereocenters. The van der Waals surface area contributed by atoms with Gasteiger partial charge >= 0.3 is 0 Å². The van der Waals surface area contributed by atoms with Gasteiger partial charge in [0.2, 0.25) is 5.11 Å². The molecule has 0 fully saturated rings. The van der Waals surface area contributed by atoms with E-state index in [1.807, 2.05) is 67.5 Å². The van der Waals surface area contributed by atoms with Crippen LogP contribution in [-0.4, -0.2) is 30.8 Å². The Morgan fingerprint density at radius 3 is 2.29 bits per heavy atom. The molecule has 0 aromatic heterocycles. The van der Waals surface area contributed by atoms with E-state index >= 15 is 0 Å². The fraction of sp³-hybridized carbons (Fsp3) is 0.167. The molecule has 0 saturated heterocycles. The zero-order chi connectivity index (χ0) is 17.3. The number of anilines is 2. The van der Waals surface area contributed by atoms with Crippen molar-refractivity contribution in [3.05, 3.63) is 58.6 Å². The van der Waals surface area contributed by atoms with E-state index in [9.17, 15) is 4.79 Å². The van der Waals surface area contributed by atoms with Crippen LogP contribution in [0.15, 0.2) is 58.0 Å². The number of carbonyl (C=O) groups excluding carboxylic acids is 1. The smallest absolute Gasteiger partial charge is 0.279 e. The van der Waals surface area contributed by atoms with Crippen molar-refractivity contribution in [1.29, 1.82) is 0 Å². The second-order valence-corrected chi connectivity index (χ2v) is 6.98. The van der Waals surface area contributed by atoms with Crippen LogP contribution < -0.4 is 9.80 Å². The van der Waals surface area contributed by atoms with Crippen molar-refractivity contribution in [2.24, 2.45) is 4.99 Å². The van der Waals surface area contributed by atoms with Crippen molar-refractivity contribution < 1.29 is 4.79 Å². The van der Waals surface area contributed by atoms with Crippen molar-refractivity contribution in [3.8, 4) is 0 Å². The molecule has 1 amide bonds. The molecule has 0 N–H and O–H groups in total. The van der Waals surface area contributed by atoms with Crippen LogP contribution in [0.25, 0.3) is 0 Å². The maximum absolute atomic E-state index is 12.7. The first kappa shape index (κ1) is 16.8. The van der Waals surface area contributed by atoms with E-state index in [1.54, 1.807) is 0 Å². The van der Waals surface area contributed by atoms with Gasteiger partial charge in [0.05, 0.1) is 5.69 Å². The molecular weight excluding hydrogens is 386 g/mol. The van der Waals surface area contributed by atoms with Crippen LogP contribution in [0.1, 0.15) is 5.56 Å². The largest absolute Gasteiger partial charge is 0.378 e. The zero-order valence-corrected chi connectivity index (χ0v) is 15.8. The van der Waals surface area contributed by atoms with Crippen molar-refractivity contribution in [2.45, 2.75) is 6.42 Å². The number of benzene rings is 2. The quantitative estimate of drug-likeness (QED) is 0.730. The average molecular weight is 402 g/mol. The van der Waals surface area contributed by atoms with Gasteiger partial charge in [-0.2, -0.15) is 0 Å². The molecule has 0 radical (unpaired) electrons. The Morgan fingerprint density at radius 2 is 1.71 bits per heavy atom. The molecule has 0 bridgehead atoms. The first-order valence-electron chi connectivity index (χ1n) is 7.43. The van der Waals surface area contributed by atoms with Crippen LogP contribution in [0.5, 0.6) is 0 Å². The minimum absolute atomic E-state index is 0.154. The van der Waals surface area contributed by atoms with E-state index in [0.717, 1.165) is 21.4 Å². The molecular formula is C18H16BrN3OS. The summed E-state index contributed by atoms with van der Waals surface area (Å²) in [5.74, 6) is -0.154. The third-order valence-electron chi connectivity index (χ3n) is 3.78. The van der Waals surface area contributed by atoms with E-state index in [0.29, 0.717) is 17.2 Å². The molecule has 122 valence electrons. The number of halogens is 1. The van der Waals surface area contributed by atoms with E-state index < -0.39 is 0 Å². The first-order chi connectivity index (χ1) is 11.5. The molecule has 24 heavy (non-hydrogen) atoms. The Bertz CT molecular complexity index is 813. The molecule has 1 aliphatic heterocycles. The van der Waals surface area contributed by atoms with Crippen LogP contribution in [-0.2, 0) is 11.2 Å². The number of amides is 1. The summed E-state index contributed by atoms with van der Waals surface area (Å²) in [5.41, 5.74) is 3.36. The third-order valence-corrected chi connectivity index (χ3v) is 4.58. The number of nitrogens with zero attached hydrogens (tertiary/aromatic N) is 3. The highest BCUT2D eigenvalue weighted by Crippen LogP contribution is 2.23. The molecule has 6 heteroatoms. The number of hydrogen-bond donors (Lipinski definition) is 0. The summed E-state index contributed by atoms with van der Waals surface area (Å²) in [7, 11) is 3.99. The van der Waals surface area contributed by atoms with Crippen molar-refractivity contribution in [3.63, 3.8) is 0 Å². The van der Waals surface area contributed by atoms with Gasteiger partial charge in [-0.15, -0.1) is 0 Å². The Labute approximate surface area is 154 Å². The summed E-state index contributed by atoms with van der Waals surface area (Å²) < 4.78 is 0.950. The lowest BCUT2D eigenvalue weighted by atomic mass is 10.1. The monoisotopic (exact) mass is 401 g/mol. The molecule has 0 aliphatic carbocycles. The summed E-state index contributed by atoms with van der Waals surface area (Å²) in [6.45, 7) is 0. The van der Waals surface area contributed by atoms with E-state index in [2.05, 4.69) is 20.9 Å². The van der Waals surface area contributed by atoms with E-state index in [1.165, 1.54) is 4.90 Å². The van der Waals surface area contributed by atoms with Gasteiger partial charge in [-0.3, -0.25) is 9.69 Å². The second-order valence-electron chi connectivity index (χ2n) is 5.70. The van der Waals surface area contributed by atoms with Gasteiger partial charge in [-0.25, -0.2) is 4.99 Å². The fourth-order valence-electron chi connectivity index (χ4n) is 2.47. The van der Waals surface area contributed by atoms with Crippen LogP contribution in [0.2, 0.25) is 0 Å². The predicted octanol–water partition coefficient (Wildman–Crippen LogP) is 3.83. The highest BCUT2D eigenvalue weighted by molar-refractivity contribution is 9.10. The highest BCUT2D eigenvalue weighted by atomic mass is 79.9. The number of thiocarbonyl (C=S) groups is 1. The average Bonchev–Trinajstić information content (AvgIpc) is 2.83. The molecule has 2 aromatic rings. The first-order valence-corrected chi connectivity index (χ1v) is 8.63. The number of hydrogen-bond acceptors (Lipinski definition) is 3.